The Labute approximate surface area is 125 Å². The van der Waals surface area contributed by atoms with Crippen molar-refractivity contribution in [1.29, 1.82) is 0 Å². The molecule has 0 spiro atoms. The molecule has 2 heterocycles. The number of anilines is 1. The van der Waals surface area contributed by atoms with Gasteiger partial charge in [0.25, 0.3) is 0 Å². The van der Waals surface area contributed by atoms with Gasteiger partial charge in [0, 0.05) is 43.9 Å². The average molecular weight is 295 g/mol. The maximum Gasteiger partial charge on any atom is 0.185 e. The molecule has 1 aliphatic heterocycles. The number of ether oxygens (including phenoxy) is 1. The van der Waals surface area contributed by atoms with Crippen molar-refractivity contribution in [3.05, 3.63) is 11.6 Å². The molecule has 4 nitrogen and oxygen atoms in total. The Balaban J connectivity index is 1.48. The van der Waals surface area contributed by atoms with Gasteiger partial charge in [-0.2, -0.15) is 0 Å². The normalized spacial score (nSPS) is 28.8. The van der Waals surface area contributed by atoms with E-state index in [2.05, 4.69) is 20.6 Å². The molecule has 1 saturated heterocycles. The lowest BCUT2D eigenvalue weighted by Crippen LogP contribution is -2.51. The molecule has 1 aliphatic carbocycles. The maximum absolute atomic E-state index is 5.64. The van der Waals surface area contributed by atoms with Crippen LogP contribution in [0.25, 0.3) is 0 Å². The highest BCUT2D eigenvalue weighted by atomic mass is 32.1. The molecule has 20 heavy (non-hydrogen) atoms. The van der Waals surface area contributed by atoms with Gasteiger partial charge in [-0.05, 0) is 25.7 Å². The SMILES string of the molecule is CO[C@H]1CCCC[C@@H]1NC1CCN(c2nccs2)CC1. The quantitative estimate of drug-likeness (QED) is 0.926. The van der Waals surface area contributed by atoms with Crippen molar-refractivity contribution >= 4 is 16.5 Å². The van der Waals surface area contributed by atoms with Crippen LogP contribution in [0.1, 0.15) is 38.5 Å². The Morgan fingerprint density at radius 3 is 2.75 bits per heavy atom. The summed E-state index contributed by atoms with van der Waals surface area (Å²) in [5, 5.41) is 7.09. The highest BCUT2D eigenvalue weighted by Crippen LogP contribution is 2.25. The van der Waals surface area contributed by atoms with Gasteiger partial charge in [0.2, 0.25) is 0 Å². The second-order valence-electron chi connectivity index (χ2n) is 5.91. The van der Waals surface area contributed by atoms with Crippen molar-refractivity contribution < 1.29 is 4.74 Å². The van der Waals surface area contributed by atoms with Gasteiger partial charge in [-0.25, -0.2) is 4.98 Å². The number of piperidine rings is 1. The van der Waals surface area contributed by atoms with Gasteiger partial charge in [-0.15, -0.1) is 11.3 Å². The van der Waals surface area contributed by atoms with E-state index in [0.29, 0.717) is 18.2 Å². The number of thiazole rings is 1. The van der Waals surface area contributed by atoms with E-state index in [4.69, 9.17) is 4.74 Å². The summed E-state index contributed by atoms with van der Waals surface area (Å²) in [5.41, 5.74) is 0. The third-order valence-electron chi connectivity index (χ3n) is 4.64. The molecule has 112 valence electrons. The van der Waals surface area contributed by atoms with Crippen LogP contribution in [0, 0.1) is 0 Å². The van der Waals surface area contributed by atoms with E-state index in [1.54, 1.807) is 11.3 Å². The molecule has 1 saturated carbocycles. The molecular formula is C15H25N3OS. The van der Waals surface area contributed by atoms with Crippen LogP contribution >= 0.6 is 11.3 Å². The fourth-order valence-corrected chi connectivity index (χ4v) is 4.18. The van der Waals surface area contributed by atoms with Gasteiger partial charge < -0.3 is 15.0 Å². The Morgan fingerprint density at radius 2 is 2.05 bits per heavy atom. The summed E-state index contributed by atoms with van der Waals surface area (Å²) >= 11 is 1.74. The van der Waals surface area contributed by atoms with E-state index in [1.807, 2.05) is 13.3 Å². The third kappa shape index (κ3) is 3.32. The number of hydrogen-bond acceptors (Lipinski definition) is 5. The van der Waals surface area contributed by atoms with E-state index in [1.165, 1.54) is 43.7 Å². The van der Waals surface area contributed by atoms with E-state index in [0.717, 1.165) is 13.1 Å². The Morgan fingerprint density at radius 1 is 1.25 bits per heavy atom. The molecule has 0 bridgehead atoms. The summed E-state index contributed by atoms with van der Waals surface area (Å²) in [6.07, 6.45) is 9.89. The second-order valence-corrected chi connectivity index (χ2v) is 6.78. The summed E-state index contributed by atoms with van der Waals surface area (Å²) in [6, 6.07) is 1.21. The van der Waals surface area contributed by atoms with E-state index >= 15 is 0 Å². The van der Waals surface area contributed by atoms with Crippen molar-refractivity contribution in [2.24, 2.45) is 0 Å². The number of rotatable bonds is 4. The smallest absolute Gasteiger partial charge is 0.185 e. The minimum Gasteiger partial charge on any atom is -0.380 e. The molecule has 1 aromatic heterocycles. The van der Waals surface area contributed by atoms with Crippen molar-refractivity contribution in [3.8, 4) is 0 Å². The zero-order valence-corrected chi connectivity index (χ0v) is 13.1. The first kappa shape index (κ1) is 14.3. The van der Waals surface area contributed by atoms with Crippen LogP contribution in [-0.2, 0) is 4.74 Å². The first-order valence-corrected chi connectivity index (χ1v) is 8.68. The Kier molecular flexibility index (Phi) is 4.91. The van der Waals surface area contributed by atoms with Gasteiger partial charge in [-0.1, -0.05) is 12.8 Å². The lowest BCUT2D eigenvalue weighted by Gasteiger charge is -2.38. The molecular weight excluding hydrogens is 270 g/mol. The zero-order chi connectivity index (χ0) is 13.8. The Hall–Kier alpha value is -0.650. The van der Waals surface area contributed by atoms with E-state index in [-0.39, 0.29) is 0 Å². The van der Waals surface area contributed by atoms with Crippen LogP contribution in [0.3, 0.4) is 0 Å². The molecule has 0 amide bonds. The first-order valence-electron chi connectivity index (χ1n) is 7.80. The van der Waals surface area contributed by atoms with Crippen LogP contribution in [0.15, 0.2) is 11.6 Å². The molecule has 5 heteroatoms. The first-order chi connectivity index (χ1) is 9.86. The van der Waals surface area contributed by atoms with Gasteiger partial charge in [0.1, 0.15) is 0 Å². The summed E-state index contributed by atoms with van der Waals surface area (Å²) in [4.78, 5) is 6.82. The maximum atomic E-state index is 5.64. The fraction of sp³-hybridized carbons (Fsp3) is 0.800. The molecule has 0 aromatic carbocycles. The fourth-order valence-electron chi connectivity index (χ4n) is 3.48. The van der Waals surface area contributed by atoms with E-state index in [9.17, 15) is 0 Å². The van der Waals surface area contributed by atoms with Crippen molar-refractivity contribution in [1.82, 2.24) is 10.3 Å². The monoisotopic (exact) mass is 295 g/mol. The van der Waals surface area contributed by atoms with Gasteiger partial charge in [-0.3, -0.25) is 0 Å². The third-order valence-corrected chi connectivity index (χ3v) is 5.47. The predicted octanol–water partition coefficient (Wildman–Crippen LogP) is 2.66. The standard InChI is InChI=1S/C15H25N3OS/c1-19-14-5-3-2-4-13(14)17-12-6-9-18(10-7-12)15-16-8-11-20-15/h8,11-14,17H,2-7,9-10H2,1H3/t13-,14-/m0/s1. The van der Waals surface area contributed by atoms with Crippen molar-refractivity contribution in [3.63, 3.8) is 0 Å². The number of nitrogens with zero attached hydrogens (tertiary/aromatic N) is 2. The van der Waals surface area contributed by atoms with Crippen LogP contribution in [0.5, 0.6) is 0 Å². The summed E-state index contributed by atoms with van der Waals surface area (Å²) < 4.78 is 5.64. The lowest BCUT2D eigenvalue weighted by atomic mass is 9.91. The highest BCUT2D eigenvalue weighted by Gasteiger charge is 2.28. The zero-order valence-electron chi connectivity index (χ0n) is 12.3. The molecule has 2 fully saturated rings. The molecule has 2 aliphatic rings. The Bertz CT molecular complexity index is 390. The van der Waals surface area contributed by atoms with Crippen molar-refractivity contribution in [2.45, 2.75) is 56.7 Å². The molecule has 2 atom stereocenters. The number of hydrogen-bond donors (Lipinski definition) is 1. The minimum absolute atomic E-state index is 0.417. The summed E-state index contributed by atoms with van der Waals surface area (Å²) in [6.45, 7) is 2.24. The second kappa shape index (κ2) is 6.87. The number of methoxy groups -OCH3 is 1. The lowest BCUT2D eigenvalue weighted by molar-refractivity contribution is 0.0365. The molecule has 0 unspecified atom stereocenters. The molecule has 1 aromatic rings. The highest BCUT2D eigenvalue weighted by molar-refractivity contribution is 7.13. The van der Waals surface area contributed by atoms with Crippen molar-refractivity contribution in [2.75, 3.05) is 25.1 Å². The molecule has 1 N–H and O–H groups in total. The topological polar surface area (TPSA) is 37.4 Å². The number of nitrogens with one attached hydrogen (secondary N) is 1. The predicted molar refractivity (Wildman–Crippen MR) is 83.5 cm³/mol. The summed E-state index contributed by atoms with van der Waals surface area (Å²) in [5.74, 6) is 0. The van der Waals surface area contributed by atoms with E-state index < -0.39 is 0 Å². The van der Waals surface area contributed by atoms with Crippen LogP contribution < -0.4 is 10.2 Å². The summed E-state index contributed by atoms with van der Waals surface area (Å²) in [7, 11) is 1.86. The van der Waals surface area contributed by atoms with Crippen LogP contribution in [-0.4, -0.2) is 43.4 Å². The average Bonchev–Trinajstić information content (AvgIpc) is 3.03. The van der Waals surface area contributed by atoms with Gasteiger partial charge >= 0.3 is 0 Å². The van der Waals surface area contributed by atoms with Crippen LogP contribution in [0.2, 0.25) is 0 Å². The minimum atomic E-state index is 0.417. The van der Waals surface area contributed by atoms with Gasteiger partial charge in [0.15, 0.2) is 5.13 Å². The molecule has 3 rings (SSSR count). The number of aromatic nitrogens is 1. The molecule has 0 radical (unpaired) electrons. The van der Waals surface area contributed by atoms with Crippen LogP contribution in [0.4, 0.5) is 5.13 Å². The van der Waals surface area contributed by atoms with Gasteiger partial charge in [0.05, 0.1) is 6.10 Å². The largest absolute Gasteiger partial charge is 0.380 e.